The summed E-state index contributed by atoms with van der Waals surface area (Å²) in [6.45, 7) is 0. The lowest BCUT2D eigenvalue weighted by molar-refractivity contribution is 0.208. The molecule has 1 aromatic rings. The average Bonchev–Trinajstić information content (AvgIpc) is 2.39. The SMILES string of the molecule is CN(C)C1=CCC(c2ccccc2)(N(C)C)C=C1. The number of rotatable bonds is 3. The molecule has 2 rings (SSSR count). The van der Waals surface area contributed by atoms with E-state index in [-0.39, 0.29) is 5.54 Å². The summed E-state index contributed by atoms with van der Waals surface area (Å²) in [7, 11) is 8.46. The molecule has 0 radical (unpaired) electrons. The van der Waals surface area contributed by atoms with Crippen LogP contribution in [0.25, 0.3) is 0 Å². The van der Waals surface area contributed by atoms with Gasteiger partial charge in [0.2, 0.25) is 0 Å². The highest BCUT2D eigenvalue weighted by molar-refractivity contribution is 5.37. The quantitative estimate of drug-likeness (QED) is 0.804. The van der Waals surface area contributed by atoms with Crippen LogP contribution in [0.5, 0.6) is 0 Å². The number of hydrogen-bond donors (Lipinski definition) is 0. The molecule has 0 bridgehead atoms. The summed E-state index contributed by atoms with van der Waals surface area (Å²) in [5.41, 5.74) is 2.62. The minimum atomic E-state index is -0.0131. The van der Waals surface area contributed by atoms with E-state index < -0.39 is 0 Å². The van der Waals surface area contributed by atoms with Crippen molar-refractivity contribution in [3.8, 4) is 0 Å². The monoisotopic (exact) mass is 242 g/mol. The smallest absolute Gasteiger partial charge is 0.0680 e. The average molecular weight is 242 g/mol. The maximum Gasteiger partial charge on any atom is 0.0680 e. The second-order valence-electron chi connectivity index (χ2n) is 5.25. The van der Waals surface area contributed by atoms with E-state index in [4.69, 9.17) is 0 Å². The van der Waals surface area contributed by atoms with Gasteiger partial charge in [-0.2, -0.15) is 0 Å². The van der Waals surface area contributed by atoms with Gasteiger partial charge in [0.1, 0.15) is 0 Å². The molecule has 96 valence electrons. The Morgan fingerprint density at radius 1 is 1.00 bits per heavy atom. The molecular weight excluding hydrogens is 220 g/mol. The molecule has 1 aliphatic rings. The summed E-state index contributed by atoms with van der Waals surface area (Å²) in [4.78, 5) is 4.45. The minimum Gasteiger partial charge on any atom is -0.378 e. The van der Waals surface area contributed by atoms with Crippen LogP contribution in [0.3, 0.4) is 0 Å². The van der Waals surface area contributed by atoms with Crippen LogP contribution in [-0.4, -0.2) is 38.0 Å². The van der Waals surface area contributed by atoms with Gasteiger partial charge in [0.05, 0.1) is 5.54 Å². The molecule has 0 amide bonds. The highest BCUT2D eigenvalue weighted by Gasteiger charge is 2.32. The molecule has 1 unspecified atom stereocenters. The molecule has 0 aliphatic heterocycles. The zero-order valence-corrected chi connectivity index (χ0v) is 11.7. The van der Waals surface area contributed by atoms with Crippen LogP contribution >= 0.6 is 0 Å². The highest BCUT2D eigenvalue weighted by Crippen LogP contribution is 2.36. The van der Waals surface area contributed by atoms with Crippen molar-refractivity contribution in [3.63, 3.8) is 0 Å². The molecule has 2 nitrogen and oxygen atoms in total. The molecular formula is C16H22N2. The lowest BCUT2D eigenvalue weighted by atomic mass is 9.82. The molecule has 0 saturated carbocycles. The Kier molecular flexibility index (Phi) is 3.58. The van der Waals surface area contributed by atoms with Crippen molar-refractivity contribution in [1.82, 2.24) is 9.80 Å². The third-order valence-corrected chi connectivity index (χ3v) is 3.74. The van der Waals surface area contributed by atoms with Gasteiger partial charge in [-0.1, -0.05) is 42.5 Å². The molecule has 0 fully saturated rings. The van der Waals surface area contributed by atoms with Gasteiger partial charge in [-0.05, 0) is 32.2 Å². The summed E-state index contributed by atoms with van der Waals surface area (Å²) < 4.78 is 0. The van der Waals surface area contributed by atoms with E-state index in [0.29, 0.717) is 0 Å². The topological polar surface area (TPSA) is 6.48 Å². The predicted octanol–water partition coefficient (Wildman–Crippen LogP) is 2.85. The van der Waals surface area contributed by atoms with Crippen LogP contribution in [0, 0.1) is 0 Å². The summed E-state index contributed by atoms with van der Waals surface area (Å²) in [5, 5.41) is 0. The van der Waals surface area contributed by atoms with Crippen molar-refractivity contribution < 1.29 is 0 Å². The van der Waals surface area contributed by atoms with E-state index in [9.17, 15) is 0 Å². The first-order chi connectivity index (χ1) is 8.56. The van der Waals surface area contributed by atoms with Crippen molar-refractivity contribution in [2.24, 2.45) is 0 Å². The van der Waals surface area contributed by atoms with Gasteiger partial charge in [0.15, 0.2) is 0 Å². The van der Waals surface area contributed by atoms with Crippen LogP contribution in [0.2, 0.25) is 0 Å². The van der Waals surface area contributed by atoms with Crippen molar-refractivity contribution in [1.29, 1.82) is 0 Å². The summed E-state index contributed by atoms with van der Waals surface area (Å²) >= 11 is 0. The molecule has 18 heavy (non-hydrogen) atoms. The van der Waals surface area contributed by atoms with Crippen molar-refractivity contribution >= 4 is 0 Å². The van der Waals surface area contributed by atoms with E-state index in [2.05, 4.69) is 86.6 Å². The van der Waals surface area contributed by atoms with Gasteiger partial charge in [-0.3, -0.25) is 4.90 Å². The standard InChI is InChI=1S/C16H22N2/c1-17(2)15-10-12-16(13-11-15,18(3)4)14-8-6-5-7-9-14/h5-12H,13H2,1-4H3. The van der Waals surface area contributed by atoms with E-state index in [1.807, 2.05) is 0 Å². The fourth-order valence-corrected chi connectivity index (χ4v) is 2.48. The normalized spacial score (nSPS) is 23.1. The number of benzene rings is 1. The zero-order chi connectivity index (χ0) is 13.2. The molecule has 2 heteroatoms. The van der Waals surface area contributed by atoms with Crippen LogP contribution in [0.4, 0.5) is 0 Å². The van der Waals surface area contributed by atoms with Crippen LogP contribution in [-0.2, 0) is 5.54 Å². The van der Waals surface area contributed by atoms with E-state index in [0.717, 1.165) is 6.42 Å². The summed E-state index contributed by atoms with van der Waals surface area (Å²) in [5.74, 6) is 0. The Hall–Kier alpha value is -1.54. The van der Waals surface area contributed by atoms with Gasteiger partial charge in [-0.15, -0.1) is 0 Å². The largest absolute Gasteiger partial charge is 0.378 e. The number of allylic oxidation sites excluding steroid dienone is 1. The van der Waals surface area contributed by atoms with Gasteiger partial charge < -0.3 is 4.90 Å². The van der Waals surface area contributed by atoms with Crippen LogP contribution in [0.15, 0.2) is 54.3 Å². The van der Waals surface area contributed by atoms with Gasteiger partial charge in [0.25, 0.3) is 0 Å². The van der Waals surface area contributed by atoms with Crippen molar-refractivity contribution in [2.45, 2.75) is 12.0 Å². The predicted molar refractivity (Wildman–Crippen MR) is 77.3 cm³/mol. The van der Waals surface area contributed by atoms with Crippen LogP contribution in [0.1, 0.15) is 12.0 Å². The van der Waals surface area contributed by atoms with E-state index in [1.165, 1.54) is 11.3 Å². The first-order valence-electron chi connectivity index (χ1n) is 6.36. The third kappa shape index (κ3) is 2.21. The van der Waals surface area contributed by atoms with E-state index >= 15 is 0 Å². The first-order valence-corrected chi connectivity index (χ1v) is 6.36. The number of hydrogen-bond acceptors (Lipinski definition) is 2. The molecule has 0 N–H and O–H groups in total. The fourth-order valence-electron chi connectivity index (χ4n) is 2.48. The second kappa shape index (κ2) is 4.99. The van der Waals surface area contributed by atoms with Gasteiger partial charge >= 0.3 is 0 Å². The molecule has 0 saturated heterocycles. The maximum absolute atomic E-state index is 2.32. The van der Waals surface area contributed by atoms with Gasteiger partial charge in [-0.25, -0.2) is 0 Å². The Morgan fingerprint density at radius 2 is 1.67 bits per heavy atom. The maximum atomic E-state index is 2.32. The third-order valence-electron chi connectivity index (χ3n) is 3.74. The highest BCUT2D eigenvalue weighted by atomic mass is 15.1. The molecule has 0 heterocycles. The minimum absolute atomic E-state index is 0.0131. The fraction of sp³-hybridized carbons (Fsp3) is 0.375. The molecule has 0 spiro atoms. The molecule has 0 aromatic heterocycles. The van der Waals surface area contributed by atoms with Crippen molar-refractivity contribution in [2.75, 3.05) is 28.2 Å². The zero-order valence-electron chi connectivity index (χ0n) is 11.7. The number of likely N-dealkylation sites (N-methyl/N-ethyl adjacent to an activating group) is 2. The summed E-state index contributed by atoms with van der Waals surface area (Å²) in [6, 6.07) is 10.7. The Balaban J connectivity index is 2.37. The summed E-state index contributed by atoms with van der Waals surface area (Å²) in [6.07, 6.45) is 7.86. The van der Waals surface area contributed by atoms with E-state index in [1.54, 1.807) is 0 Å². The Labute approximate surface area is 110 Å². The van der Waals surface area contributed by atoms with Crippen molar-refractivity contribution in [3.05, 3.63) is 59.8 Å². The van der Waals surface area contributed by atoms with Gasteiger partial charge in [0, 0.05) is 19.8 Å². The van der Waals surface area contributed by atoms with Crippen LogP contribution < -0.4 is 0 Å². The lowest BCUT2D eigenvalue weighted by Gasteiger charge is -2.40. The molecule has 1 aromatic carbocycles. The number of nitrogens with zero attached hydrogens (tertiary/aromatic N) is 2. The first kappa shape index (κ1) is 12.9. The Morgan fingerprint density at radius 3 is 2.11 bits per heavy atom. The molecule has 1 atom stereocenters. The lowest BCUT2D eigenvalue weighted by Crippen LogP contribution is -2.40. The molecule has 1 aliphatic carbocycles. The Bertz CT molecular complexity index is 457. The second-order valence-corrected chi connectivity index (χ2v) is 5.25.